The second kappa shape index (κ2) is 9.55. The van der Waals surface area contributed by atoms with E-state index in [-0.39, 0.29) is 11.4 Å². The van der Waals surface area contributed by atoms with Crippen LogP contribution in [-0.2, 0) is 38.1 Å². The molecule has 1 aromatic heterocycles. The van der Waals surface area contributed by atoms with Gasteiger partial charge in [0.25, 0.3) is 10.1 Å². The van der Waals surface area contributed by atoms with Crippen LogP contribution in [-0.4, -0.2) is 61.1 Å². The number of nitrogen functional groups attached to an aromatic ring is 1. The maximum Gasteiger partial charge on any atom is 0.351 e. The topological polar surface area (TPSA) is 166 Å². The highest BCUT2D eigenvalue weighted by Gasteiger charge is 2.51. The van der Waals surface area contributed by atoms with E-state index < -0.39 is 58.9 Å². The van der Waals surface area contributed by atoms with Gasteiger partial charge in [0.05, 0.1) is 6.26 Å². The number of rotatable bonds is 7. The van der Waals surface area contributed by atoms with Crippen LogP contribution in [0.4, 0.5) is 5.82 Å². The van der Waals surface area contributed by atoms with Gasteiger partial charge in [-0.1, -0.05) is 11.6 Å². The minimum Gasteiger partial charge on any atom is -0.463 e. The quantitative estimate of drug-likeness (QED) is 0.417. The van der Waals surface area contributed by atoms with Crippen LogP contribution >= 0.6 is 11.6 Å². The van der Waals surface area contributed by atoms with Gasteiger partial charge in [0.1, 0.15) is 24.6 Å². The number of carbonyl (C=O) groups is 2. The summed E-state index contributed by atoms with van der Waals surface area (Å²) in [6.07, 6.45) is -1.96. The van der Waals surface area contributed by atoms with E-state index in [0.717, 1.165) is 30.2 Å². The van der Waals surface area contributed by atoms with Gasteiger partial charge in [-0.25, -0.2) is 4.79 Å². The summed E-state index contributed by atoms with van der Waals surface area (Å²) in [7, 11) is -4.05. The molecule has 2 heterocycles. The van der Waals surface area contributed by atoms with E-state index >= 15 is 0 Å². The first-order valence-electron chi connectivity index (χ1n) is 8.42. The van der Waals surface area contributed by atoms with Gasteiger partial charge in [-0.05, 0) is 6.08 Å². The Labute approximate surface area is 176 Å². The van der Waals surface area contributed by atoms with Crippen molar-refractivity contribution in [2.45, 2.75) is 38.4 Å². The molecule has 30 heavy (non-hydrogen) atoms. The Balaban J connectivity index is 2.56. The van der Waals surface area contributed by atoms with E-state index in [1.54, 1.807) is 0 Å². The van der Waals surface area contributed by atoms with Crippen LogP contribution in [0.25, 0.3) is 6.08 Å². The minimum atomic E-state index is -4.05. The van der Waals surface area contributed by atoms with Crippen molar-refractivity contribution in [3.63, 3.8) is 0 Å². The Kier molecular flexibility index (Phi) is 7.58. The smallest absolute Gasteiger partial charge is 0.351 e. The van der Waals surface area contributed by atoms with E-state index in [1.807, 2.05) is 0 Å². The van der Waals surface area contributed by atoms with Crippen molar-refractivity contribution in [2.24, 2.45) is 0 Å². The Hall–Kier alpha value is -2.48. The first kappa shape index (κ1) is 23.8. The number of nitrogens with two attached hydrogens (primary N) is 1. The summed E-state index contributed by atoms with van der Waals surface area (Å²) < 4.78 is 45.3. The lowest BCUT2D eigenvalue weighted by molar-refractivity contribution is -0.155. The SMILES string of the molecule is CC(=O)OC[C@H]1O[C@@H](n2cc(C=CCl)c(N)nc2=O)[C@H](OC(C)=O)[C@H]1OS(C)(=O)=O. The van der Waals surface area contributed by atoms with Gasteiger partial charge in [0.2, 0.25) is 0 Å². The highest BCUT2D eigenvalue weighted by Crippen LogP contribution is 2.34. The number of anilines is 1. The number of hydrogen-bond donors (Lipinski definition) is 1. The zero-order valence-electron chi connectivity index (χ0n) is 16.2. The molecular formula is C16H20ClN3O9S. The first-order chi connectivity index (χ1) is 13.9. The number of halogens is 1. The van der Waals surface area contributed by atoms with Crippen LogP contribution in [0.3, 0.4) is 0 Å². The molecule has 0 amide bonds. The summed E-state index contributed by atoms with van der Waals surface area (Å²) in [4.78, 5) is 38.9. The van der Waals surface area contributed by atoms with Gasteiger partial charge in [-0.2, -0.15) is 13.4 Å². The normalized spacial score (nSPS) is 24.1. The fourth-order valence-corrected chi connectivity index (χ4v) is 3.55. The van der Waals surface area contributed by atoms with Crippen molar-refractivity contribution >= 4 is 45.6 Å². The van der Waals surface area contributed by atoms with Crippen LogP contribution in [0.1, 0.15) is 25.6 Å². The molecule has 1 aliphatic rings. The van der Waals surface area contributed by atoms with E-state index in [1.165, 1.54) is 12.3 Å². The molecule has 1 aliphatic heterocycles. The molecule has 4 atom stereocenters. The molecule has 0 spiro atoms. The number of esters is 2. The molecule has 1 aromatic rings. The fraction of sp³-hybridized carbons (Fsp3) is 0.500. The third-order valence-corrected chi connectivity index (χ3v) is 4.55. The van der Waals surface area contributed by atoms with Crippen LogP contribution < -0.4 is 11.4 Å². The van der Waals surface area contributed by atoms with Crippen molar-refractivity contribution in [2.75, 3.05) is 18.6 Å². The molecule has 2 N–H and O–H groups in total. The summed E-state index contributed by atoms with van der Waals surface area (Å²) in [5, 5.41) is 0. The van der Waals surface area contributed by atoms with Crippen LogP contribution in [0, 0.1) is 0 Å². The van der Waals surface area contributed by atoms with Gasteiger partial charge in [-0.15, -0.1) is 0 Å². The number of hydrogen-bond acceptors (Lipinski definition) is 11. The maximum atomic E-state index is 12.4. The average Bonchev–Trinajstić information content (AvgIpc) is 2.91. The number of ether oxygens (including phenoxy) is 3. The van der Waals surface area contributed by atoms with Crippen LogP contribution in [0.2, 0.25) is 0 Å². The summed E-state index contributed by atoms with van der Waals surface area (Å²) in [5.41, 5.74) is 6.21. The fourth-order valence-electron chi connectivity index (χ4n) is 2.78. The first-order valence-corrected chi connectivity index (χ1v) is 10.7. The second-order valence-corrected chi connectivity index (χ2v) is 8.12. The van der Waals surface area contributed by atoms with Crippen molar-refractivity contribution < 1.29 is 36.4 Å². The summed E-state index contributed by atoms with van der Waals surface area (Å²) in [6.45, 7) is 1.80. The molecule has 0 unspecified atom stereocenters. The highest BCUT2D eigenvalue weighted by molar-refractivity contribution is 7.86. The Morgan fingerprint density at radius 3 is 2.53 bits per heavy atom. The molecule has 1 saturated heterocycles. The van der Waals surface area contributed by atoms with Gasteiger partial charge < -0.3 is 19.9 Å². The number of carbonyl (C=O) groups excluding carboxylic acids is 2. The van der Waals surface area contributed by atoms with Crippen molar-refractivity contribution in [1.29, 1.82) is 0 Å². The predicted octanol–water partition coefficient (Wildman–Crippen LogP) is -0.228. The number of nitrogens with zero attached hydrogens (tertiary/aromatic N) is 2. The molecule has 14 heteroatoms. The van der Waals surface area contributed by atoms with Gasteiger partial charge in [-0.3, -0.25) is 18.3 Å². The molecule has 0 aromatic carbocycles. The molecule has 0 saturated carbocycles. The monoisotopic (exact) mass is 465 g/mol. The Morgan fingerprint density at radius 1 is 1.33 bits per heavy atom. The lowest BCUT2D eigenvalue weighted by Gasteiger charge is -2.23. The average molecular weight is 466 g/mol. The van der Waals surface area contributed by atoms with E-state index in [0.29, 0.717) is 0 Å². The molecule has 0 radical (unpaired) electrons. The predicted molar refractivity (Wildman–Crippen MR) is 104 cm³/mol. The minimum absolute atomic E-state index is 0.115. The molecule has 2 rings (SSSR count). The van der Waals surface area contributed by atoms with Crippen LogP contribution in [0.5, 0.6) is 0 Å². The van der Waals surface area contributed by atoms with Gasteiger partial charge in [0, 0.05) is 31.1 Å². The molecule has 1 fully saturated rings. The van der Waals surface area contributed by atoms with Crippen molar-refractivity contribution in [1.82, 2.24) is 9.55 Å². The summed E-state index contributed by atoms with van der Waals surface area (Å²) in [6, 6.07) is 0. The largest absolute Gasteiger partial charge is 0.463 e. The molecule has 166 valence electrons. The van der Waals surface area contributed by atoms with Gasteiger partial charge >= 0.3 is 17.6 Å². The molecule has 0 bridgehead atoms. The zero-order chi connectivity index (χ0) is 22.6. The standard InChI is InChI=1S/C16H20ClN3O9S/c1-8(21)26-7-11-12(29-30(3,24)25)13(27-9(2)22)15(28-11)20-6-10(4-5-17)14(18)19-16(20)23/h4-6,11-13,15H,7H2,1-3H3,(H2,18,19,23)/t11-,12+,13-,15-/m1/s1. The van der Waals surface area contributed by atoms with E-state index in [9.17, 15) is 22.8 Å². The lowest BCUT2D eigenvalue weighted by Crippen LogP contribution is -2.42. The second-order valence-electron chi connectivity index (χ2n) is 6.27. The van der Waals surface area contributed by atoms with E-state index in [2.05, 4.69) is 4.98 Å². The van der Waals surface area contributed by atoms with Crippen LogP contribution in [0.15, 0.2) is 16.5 Å². The molecule has 0 aliphatic carbocycles. The molecular weight excluding hydrogens is 446 g/mol. The molecule has 12 nitrogen and oxygen atoms in total. The highest BCUT2D eigenvalue weighted by atomic mass is 35.5. The van der Waals surface area contributed by atoms with Crippen molar-refractivity contribution in [3.8, 4) is 0 Å². The Bertz CT molecular complexity index is 1010. The summed E-state index contributed by atoms with van der Waals surface area (Å²) >= 11 is 5.56. The van der Waals surface area contributed by atoms with E-state index in [4.69, 9.17) is 35.7 Å². The van der Waals surface area contributed by atoms with Gasteiger partial charge in [0.15, 0.2) is 12.3 Å². The zero-order valence-corrected chi connectivity index (χ0v) is 17.8. The third-order valence-electron chi connectivity index (χ3n) is 3.85. The van der Waals surface area contributed by atoms with Crippen molar-refractivity contribution in [3.05, 3.63) is 27.8 Å². The maximum absolute atomic E-state index is 12.4. The lowest BCUT2D eigenvalue weighted by atomic mass is 10.1. The third kappa shape index (κ3) is 6.01. The summed E-state index contributed by atoms with van der Waals surface area (Å²) in [5.74, 6) is -1.57. The Morgan fingerprint density at radius 2 is 2.00 bits per heavy atom. The number of aromatic nitrogens is 2.